The van der Waals surface area contributed by atoms with Crippen molar-refractivity contribution in [2.24, 2.45) is 11.1 Å². The maximum atomic E-state index is 10.8. The fourth-order valence-corrected chi connectivity index (χ4v) is 2.49. The topological polar surface area (TPSA) is 63.3 Å². The molecule has 0 bridgehead atoms. The van der Waals surface area contributed by atoms with Crippen molar-refractivity contribution in [1.29, 1.82) is 0 Å². The molecule has 0 aromatic rings. The summed E-state index contributed by atoms with van der Waals surface area (Å²) in [5.41, 5.74) is 5.02. The van der Waals surface area contributed by atoms with E-state index in [1.54, 1.807) is 18.7 Å². The molecule has 1 fully saturated rings. The first-order valence-corrected chi connectivity index (χ1v) is 4.79. The maximum Gasteiger partial charge on any atom is 0.310 e. The molecule has 1 heterocycles. The normalized spacial score (nSPS) is 38.5. The predicted molar refractivity (Wildman–Crippen MR) is 45.7 cm³/mol. The second-order valence-electron chi connectivity index (χ2n) is 3.15. The number of carboxylic acids is 1. The Balaban J connectivity index is 2.72. The van der Waals surface area contributed by atoms with Crippen LogP contribution in [0, 0.1) is 5.41 Å². The summed E-state index contributed by atoms with van der Waals surface area (Å²) >= 11 is 1.73. The van der Waals surface area contributed by atoms with Crippen LogP contribution >= 0.6 is 11.8 Å². The minimum Gasteiger partial charge on any atom is -0.481 e. The molecule has 11 heavy (non-hydrogen) atoms. The summed E-state index contributed by atoms with van der Waals surface area (Å²) in [6, 6.07) is -0.196. The summed E-state index contributed by atoms with van der Waals surface area (Å²) in [5, 5.41) is 8.88. The van der Waals surface area contributed by atoms with Crippen LogP contribution < -0.4 is 5.73 Å². The number of thioether (sulfide) groups is 1. The smallest absolute Gasteiger partial charge is 0.310 e. The lowest BCUT2D eigenvalue weighted by atomic mass is 9.81. The summed E-state index contributed by atoms with van der Waals surface area (Å²) in [6.45, 7) is 1.74. The first kappa shape index (κ1) is 8.87. The minimum atomic E-state index is -0.759. The molecule has 0 saturated carbocycles. The van der Waals surface area contributed by atoms with Gasteiger partial charge in [-0.05, 0) is 19.1 Å². The molecular formula is C7H13NO2S. The van der Waals surface area contributed by atoms with Crippen LogP contribution in [0.4, 0.5) is 0 Å². The Hall–Kier alpha value is -0.220. The lowest BCUT2D eigenvalue weighted by Gasteiger charge is -2.34. The van der Waals surface area contributed by atoms with E-state index in [4.69, 9.17) is 10.8 Å². The average Bonchev–Trinajstić information content (AvgIpc) is 1.95. The van der Waals surface area contributed by atoms with Gasteiger partial charge in [-0.2, -0.15) is 11.8 Å². The molecule has 1 rings (SSSR count). The quantitative estimate of drug-likeness (QED) is 0.610. The Labute approximate surface area is 70.3 Å². The molecule has 1 aliphatic rings. The van der Waals surface area contributed by atoms with E-state index in [1.807, 2.05) is 0 Å². The van der Waals surface area contributed by atoms with Gasteiger partial charge in [0.2, 0.25) is 0 Å². The fraction of sp³-hybridized carbons (Fsp3) is 0.857. The van der Waals surface area contributed by atoms with Gasteiger partial charge in [-0.15, -0.1) is 0 Å². The molecule has 0 amide bonds. The van der Waals surface area contributed by atoms with Crippen molar-refractivity contribution in [2.75, 3.05) is 11.5 Å². The van der Waals surface area contributed by atoms with Gasteiger partial charge in [0.1, 0.15) is 0 Å². The molecule has 3 N–H and O–H groups in total. The van der Waals surface area contributed by atoms with Gasteiger partial charge in [0.15, 0.2) is 0 Å². The number of nitrogens with two attached hydrogens (primary N) is 1. The molecule has 0 spiro atoms. The molecular weight excluding hydrogens is 162 g/mol. The van der Waals surface area contributed by atoms with Gasteiger partial charge < -0.3 is 10.8 Å². The van der Waals surface area contributed by atoms with E-state index in [9.17, 15) is 4.79 Å². The largest absolute Gasteiger partial charge is 0.481 e. The second kappa shape index (κ2) is 3.03. The van der Waals surface area contributed by atoms with Gasteiger partial charge in [-0.3, -0.25) is 4.79 Å². The first-order valence-electron chi connectivity index (χ1n) is 3.64. The molecule has 2 unspecified atom stereocenters. The van der Waals surface area contributed by atoms with Crippen LogP contribution in [0.25, 0.3) is 0 Å². The van der Waals surface area contributed by atoms with E-state index in [0.717, 1.165) is 11.5 Å². The summed E-state index contributed by atoms with van der Waals surface area (Å²) < 4.78 is 0. The Morgan fingerprint density at radius 2 is 2.45 bits per heavy atom. The number of hydrogen-bond acceptors (Lipinski definition) is 3. The van der Waals surface area contributed by atoms with E-state index in [1.165, 1.54) is 0 Å². The predicted octanol–water partition coefficient (Wildman–Crippen LogP) is 0.542. The van der Waals surface area contributed by atoms with E-state index >= 15 is 0 Å². The Morgan fingerprint density at radius 1 is 1.82 bits per heavy atom. The van der Waals surface area contributed by atoms with Crippen molar-refractivity contribution in [3.05, 3.63) is 0 Å². The molecule has 0 aromatic carbocycles. The summed E-state index contributed by atoms with van der Waals surface area (Å²) in [4.78, 5) is 10.8. The second-order valence-corrected chi connectivity index (χ2v) is 4.30. The van der Waals surface area contributed by atoms with Crippen molar-refractivity contribution in [2.45, 2.75) is 19.4 Å². The fourth-order valence-electron chi connectivity index (χ4n) is 1.13. The average molecular weight is 175 g/mol. The third kappa shape index (κ3) is 1.51. The zero-order chi connectivity index (χ0) is 8.48. The van der Waals surface area contributed by atoms with E-state index in [2.05, 4.69) is 0 Å². The van der Waals surface area contributed by atoms with Crippen molar-refractivity contribution < 1.29 is 9.90 Å². The molecule has 4 heteroatoms. The van der Waals surface area contributed by atoms with Gasteiger partial charge >= 0.3 is 5.97 Å². The standard InChI is InChI=1S/C7H13NO2S/c1-7(6(9)10)2-3-11-4-5(7)8/h5H,2-4,8H2,1H3,(H,9,10). The van der Waals surface area contributed by atoms with Gasteiger partial charge in [0.05, 0.1) is 5.41 Å². The third-order valence-corrected chi connectivity index (χ3v) is 3.46. The van der Waals surface area contributed by atoms with Crippen molar-refractivity contribution in [1.82, 2.24) is 0 Å². The number of rotatable bonds is 1. The lowest BCUT2D eigenvalue weighted by Crippen LogP contribution is -2.49. The van der Waals surface area contributed by atoms with Gasteiger partial charge in [-0.1, -0.05) is 0 Å². The highest BCUT2D eigenvalue weighted by molar-refractivity contribution is 7.99. The number of aliphatic carboxylic acids is 1. The van der Waals surface area contributed by atoms with Crippen LogP contribution in [0.2, 0.25) is 0 Å². The Bertz CT molecular complexity index is 174. The van der Waals surface area contributed by atoms with Crippen molar-refractivity contribution >= 4 is 17.7 Å². The highest BCUT2D eigenvalue weighted by Gasteiger charge is 2.41. The van der Waals surface area contributed by atoms with Crippen LogP contribution in [-0.2, 0) is 4.79 Å². The molecule has 3 nitrogen and oxygen atoms in total. The molecule has 1 saturated heterocycles. The van der Waals surface area contributed by atoms with Crippen LogP contribution in [0.15, 0.2) is 0 Å². The zero-order valence-electron chi connectivity index (χ0n) is 6.54. The molecule has 2 atom stereocenters. The maximum absolute atomic E-state index is 10.8. The SMILES string of the molecule is CC1(C(=O)O)CCSCC1N. The van der Waals surface area contributed by atoms with Crippen LogP contribution in [0.1, 0.15) is 13.3 Å². The Morgan fingerprint density at radius 3 is 2.82 bits per heavy atom. The van der Waals surface area contributed by atoms with E-state index in [-0.39, 0.29) is 6.04 Å². The molecule has 0 aliphatic carbocycles. The minimum absolute atomic E-state index is 0.196. The van der Waals surface area contributed by atoms with Crippen LogP contribution in [-0.4, -0.2) is 28.6 Å². The van der Waals surface area contributed by atoms with Gasteiger partial charge in [0.25, 0.3) is 0 Å². The molecule has 64 valence electrons. The number of carboxylic acid groups (broad SMARTS) is 1. The Kier molecular flexibility index (Phi) is 2.44. The highest BCUT2D eigenvalue weighted by atomic mass is 32.2. The van der Waals surface area contributed by atoms with Crippen molar-refractivity contribution in [3.63, 3.8) is 0 Å². The molecule has 1 aliphatic heterocycles. The highest BCUT2D eigenvalue weighted by Crippen LogP contribution is 2.33. The van der Waals surface area contributed by atoms with Gasteiger partial charge in [0, 0.05) is 11.8 Å². The number of carbonyl (C=O) groups is 1. The summed E-state index contributed by atoms with van der Waals surface area (Å²) in [6.07, 6.45) is 0.689. The third-order valence-electron chi connectivity index (χ3n) is 2.37. The first-order chi connectivity index (χ1) is 5.07. The van der Waals surface area contributed by atoms with Crippen LogP contribution in [0.3, 0.4) is 0 Å². The van der Waals surface area contributed by atoms with Crippen molar-refractivity contribution in [3.8, 4) is 0 Å². The van der Waals surface area contributed by atoms with E-state index in [0.29, 0.717) is 6.42 Å². The monoisotopic (exact) mass is 175 g/mol. The molecule has 0 aromatic heterocycles. The summed E-state index contributed by atoms with van der Waals surface area (Å²) in [5.74, 6) is 0.921. The van der Waals surface area contributed by atoms with Gasteiger partial charge in [-0.25, -0.2) is 0 Å². The summed E-state index contributed by atoms with van der Waals surface area (Å²) in [7, 11) is 0. The van der Waals surface area contributed by atoms with Crippen LogP contribution in [0.5, 0.6) is 0 Å². The van der Waals surface area contributed by atoms with E-state index < -0.39 is 11.4 Å². The molecule has 0 radical (unpaired) electrons. The lowest BCUT2D eigenvalue weighted by molar-refractivity contribution is -0.149. The number of hydrogen-bond donors (Lipinski definition) is 2. The zero-order valence-corrected chi connectivity index (χ0v) is 7.36.